The largest absolute Gasteiger partial charge is 0.494 e. The highest BCUT2D eigenvalue weighted by Crippen LogP contribution is 2.28. The molecule has 2 aliphatic heterocycles. The lowest BCUT2D eigenvalue weighted by molar-refractivity contribution is -0.119. The molecular formula is C49H45N5O8S2. The molecule has 2 atom stereocenters. The lowest BCUT2D eigenvalue weighted by Gasteiger charge is -2.18. The van der Waals surface area contributed by atoms with E-state index in [4.69, 9.17) is 9.26 Å². The van der Waals surface area contributed by atoms with Crippen molar-refractivity contribution in [2.45, 2.75) is 43.4 Å². The van der Waals surface area contributed by atoms with Crippen LogP contribution in [0.2, 0.25) is 0 Å². The Morgan fingerprint density at radius 1 is 0.609 bits per heavy atom. The zero-order chi connectivity index (χ0) is 45.2. The third kappa shape index (κ3) is 11.7. The average Bonchev–Trinajstić information content (AvgIpc) is 4.03. The van der Waals surface area contributed by atoms with Crippen molar-refractivity contribution in [3.63, 3.8) is 0 Å². The first-order valence-corrected chi connectivity index (χ1v) is 22.2. The first-order chi connectivity index (χ1) is 30.9. The summed E-state index contributed by atoms with van der Waals surface area (Å²) in [6, 6.07) is 40.7. The fraction of sp³-hybridized carbons (Fsp3) is 0.204. The van der Waals surface area contributed by atoms with Crippen LogP contribution in [0.4, 0.5) is 9.59 Å². The molecule has 2 unspecified atom stereocenters. The molecular weight excluding hydrogens is 851 g/mol. The zero-order valence-electron chi connectivity index (χ0n) is 35.3. The van der Waals surface area contributed by atoms with E-state index in [9.17, 15) is 28.8 Å². The van der Waals surface area contributed by atoms with Gasteiger partial charge < -0.3 is 19.1 Å². The van der Waals surface area contributed by atoms with Crippen LogP contribution in [-0.2, 0) is 35.5 Å². The Kier molecular flexibility index (Phi) is 14.7. The van der Waals surface area contributed by atoms with Crippen LogP contribution >= 0.6 is 23.5 Å². The second-order valence-corrected chi connectivity index (χ2v) is 17.5. The first kappa shape index (κ1) is 45.1. The molecule has 0 saturated carbocycles. The van der Waals surface area contributed by atoms with Crippen LogP contribution in [0.3, 0.4) is 0 Å². The predicted molar refractivity (Wildman–Crippen MR) is 247 cm³/mol. The summed E-state index contributed by atoms with van der Waals surface area (Å²) in [7, 11) is 3.51. The minimum Gasteiger partial charge on any atom is -0.494 e. The van der Waals surface area contributed by atoms with Gasteiger partial charge in [-0.15, -0.1) is 0 Å². The van der Waals surface area contributed by atoms with E-state index >= 15 is 0 Å². The molecule has 0 spiro atoms. The van der Waals surface area contributed by atoms with Gasteiger partial charge in [-0.05, 0) is 101 Å². The molecule has 15 heteroatoms. The highest BCUT2D eigenvalue weighted by atomic mass is 32.2. The Balaban J connectivity index is 0.000000193. The Morgan fingerprint density at radius 3 is 1.52 bits per heavy atom. The maximum atomic E-state index is 12.8. The number of hydrogen-bond acceptors (Lipinski definition) is 11. The quantitative estimate of drug-likeness (QED) is 0.108. The molecule has 13 nitrogen and oxygen atoms in total. The SMILES string of the molecule is CCOc1ccc(C(=O)N(C)Cc2cccc(-c3ccc(CC4SC(=O)NC4=O)cc3)c2)cc1.CN(Cc1cccc(-c2ccc(CC3SC(=O)NC3=O)cc2)c1)C(=O)c1ccno1. The number of rotatable bonds is 14. The predicted octanol–water partition coefficient (Wildman–Crippen LogP) is 8.43. The summed E-state index contributed by atoms with van der Waals surface area (Å²) in [5, 5.41) is 6.89. The van der Waals surface area contributed by atoms with Gasteiger partial charge in [0.05, 0.1) is 23.3 Å². The van der Waals surface area contributed by atoms with Gasteiger partial charge in [-0.1, -0.05) is 114 Å². The third-order valence-electron chi connectivity index (χ3n) is 10.4. The van der Waals surface area contributed by atoms with E-state index in [-0.39, 0.29) is 50.4 Å². The van der Waals surface area contributed by atoms with E-state index < -0.39 is 0 Å². The van der Waals surface area contributed by atoms with E-state index in [2.05, 4.69) is 21.9 Å². The van der Waals surface area contributed by atoms with Crippen LogP contribution in [0.5, 0.6) is 5.75 Å². The van der Waals surface area contributed by atoms with Gasteiger partial charge in [0.25, 0.3) is 22.3 Å². The molecule has 326 valence electrons. The van der Waals surface area contributed by atoms with Crippen molar-refractivity contribution < 1.29 is 38.0 Å². The number of imide groups is 2. The lowest BCUT2D eigenvalue weighted by atomic mass is 10.00. The second kappa shape index (κ2) is 20.9. The number of amides is 6. The fourth-order valence-corrected chi connectivity index (χ4v) is 8.85. The van der Waals surface area contributed by atoms with E-state index in [0.29, 0.717) is 38.1 Å². The molecule has 0 aliphatic carbocycles. The van der Waals surface area contributed by atoms with Crippen molar-refractivity contribution in [2.24, 2.45) is 0 Å². The molecule has 0 radical (unpaired) electrons. The van der Waals surface area contributed by atoms with E-state index in [1.54, 1.807) is 42.1 Å². The summed E-state index contributed by atoms with van der Waals surface area (Å²) >= 11 is 2.08. The number of aromatic nitrogens is 1. The number of carbonyl (C=O) groups excluding carboxylic acids is 6. The first-order valence-electron chi connectivity index (χ1n) is 20.5. The third-order valence-corrected chi connectivity index (χ3v) is 12.4. The van der Waals surface area contributed by atoms with Gasteiger partial charge in [0.15, 0.2) is 0 Å². The minimum absolute atomic E-state index is 0.0508. The molecule has 64 heavy (non-hydrogen) atoms. The van der Waals surface area contributed by atoms with Crippen LogP contribution in [0.15, 0.2) is 138 Å². The fourth-order valence-electron chi connectivity index (χ4n) is 7.13. The van der Waals surface area contributed by atoms with E-state index in [1.165, 1.54) is 6.20 Å². The van der Waals surface area contributed by atoms with Crippen molar-refractivity contribution in [1.29, 1.82) is 0 Å². The Bertz CT molecular complexity index is 2640. The van der Waals surface area contributed by atoms with Crippen LogP contribution < -0.4 is 15.4 Å². The van der Waals surface area contributed by atoms with Gasteiger partial charge in [-0.3, -0.25) is 39.4 Å². The molecule has 6 amide bonds. The topological polar surface area (TPSA) is 168 Å². The van der Waals surface area contributed by atoms with Crippen LogP contribution in [0.25, 0.3) is 22.3 Å². The molecule has 3 heterocycles. The number of thioether (sulfide) groups is 2. The number of benzene rings is 5. The molecule has 2 N–H and O–H groups in total. The van der Waals surface area contributed by atoms with Gasteiger partial charge in [0.1, 0.15) is 5.75 Å². The van der Waals surface area contributed by atoms with Crippen LogP contribution in [0.1, 0.15) is 50.1 Å². The maximum absolute atomic E-state index is 12.8. The molecule has 2 fully saturated rings. The average molecular weight is 896 g/mol. The molecule has 6 aromatic rings. The molecule has 2 aliphatic rings. The summed E-state index contributed by atoms with van der Waals surface area (Å²) in [6.07, 6.45) is 2.47. The van der Waals surface area contributed by atoms with Crippen molar-refractivity contribution >= 4 is 57.6 Å². The molecule has 0 bridgehead atoms. The van der Waals surface area contributed by atoms with Gasteiger partial charge in [-0.25, -0.2) is 0 Å². The molecule has 5 aromatic carbocycles. The van der Waals surface area contributed by atoms with Gasteiger partial charge in [-0.2, -0.15) is 0 Å². The van der Waals surface area contributed by atoms with Crippen LogP contribution in [-0.4, -0.2) is 80.3 Å². The number of nitrogens with one attached hydrogen (secondary N) is 2. The molecule has 2 saturated heterocycles. The summed E-state index contributed by atoms with van der Waals surface area (Å²) in [4.78, 5) is 74.6. The number of ether oxygens (including phenoxy) is 1. The Morgan fingerprint density at radius 2 is 1.09 bits per heavy atom. The monoisotopic (exact) mass is 895 g/mol. The van der Waals surface area contributed by atoms with Crippen molar-refractivity contribution in [1.82, 2.24) is 25.6 Å². The summed E-state index contributed by atoms with van der Waals surface area (Å²) in [5.41, 5.74) is 8.79. The second-order valence-electron chi connectivity index (χ2n) is 15.1. The number of hydrogen-bond donors (Lipinski definition) is 2. The molecule has 1 aromatic heterocycles. The maximum Gasteiger partial charge on any atom is 0.292 e. The Labute approximate surface area is 378 Å². The van der Waals surface area contributed by atoms with Crippen molar-refractivity contribution in [3.05, 3.63) is 167 Å². The smallest absolute Gasteiger partial charge is 0.292 e. The van der Waals surface area contributed by atoms with E-state index in [1.807, 2.05) is 110 Å². The van der Waals surface area contributed by atoms with Crippen molar-refractivity contribution in [2.75, 3.05) is 20.7 Å². The highest BCUT2D eigenvalue weighted by Gasteiger charge is 2.32. The van der Waals surface area contributed by atoms with Gasteiger partial charge in [0.2, 0.25) is 17.6 Å². The summed E-state index contributed by atoms with van der Waals surface area (Å²) < 4.78 is 10.4. The van der Waals surface area contributed by atoms with Crippen LogP contribution in [0, 0.1) is 0 Å². The van der Waals surface area contributed by atoms with E-state index in [0.717, 1.165) is 73.8 Å². The highest BCUT2D eigenvalue weighted by molar-refractivity contribution is 8.15. The zero-order valence-corrected chi connectivity index (χ0v) is 36.9. The standard InChI is InChI=1S/C27H26N2O4S.C22H19N3O4S/c1-3-33-23-13-11-21(12-14-23)26(31)29(2)17-19-5-4-6-22(15-19)20-9-7-18(8-10-20)16-24-25(30)28-27(32)34-24;1-25(21(27)18-9-10-23-29-18)13-15-3-2-4-17(11-15)16-7-5-14(6-8-16)12-19-20(26)24-22(28)30-19/h4-15,24H,3,16-17H2,1-2H3,(H,28,30,32);2-11,19H,12-13H2,1H3,(H,24,26,28). The molecule has 8 rings (SSSR count). The minimum atomic E-state index is -0.371. The number of carbonyl (C=O) groups is 6. The Hall–Kier alpha value is -6.97. The van der Waals surface area contributed by atoms with Crippen molar-refractivity contribution in [3.8, 4) is 28.0 Å². The normalized spacial score (nSPS) is 15.5. The van der Waals surface area contributed by atoms with Gasteiger partial charge >= 0.3 is 0 Å². The summed E-state index contributed by atoms with van der Waals surface area (Å²) in [5.74, 6) is 0.223. The lowest BCUT2D eigenvalue weighted by Crippen LogP contribution is -2.26. The number of nitrogens with zero attached hydrogens (tertiary/aromatic N) is 3. The van der Waals surface area contributed by atoms with Gasteiger partial charge in [0, 0.05) is 38.8 Å². The summed E-state index contributed by atoms with van der Waals surface area (Å²) in [6.45, 7) is 3.44.